The van der Waals surface area contributed by atoms with Gasteiger partial charge in [0.1, 0.15) is 17.1 Å². The molecule has 4 nitrogen and oxygen atoms in total. The molecular weight excluding hydrogens is 316 g/mol. The minimum atomic E-state index is -0.115. The van der Waals surface area contributed by atoms with Crippen molar-refractivity contribution in [3.63, 3.8) is 0 Å². The zero-order valence-corrected chi connectivity index (χ0v) is 15.0. The molecule has 0 saturated carbocycles. The average molecular weight is 342 g/mol. The highest BCUT2D eigenvalue weighted by Crippen LogP contribution is 2.31. The number of benzene rings is 2. The third-order valence-corrected chi connectivity index (χ3v) is 3.84. The highest BCUT2D eigenvalue weighted by Gasteiger charge is 2.20. The lowest BCUT2D eigenvalue weighted by molar-refractivity contribution is 0.0501. The Hall–Kier alpha value is -2.33. The van der Waals surface area contributed by atoms with Crippen LogP contribution in [-0.4, -0.2) is 26.3 Å². The van der Waals surface area contributed by atoms with Crippen molar-refractivity contribution in [3.05, 3.63) is 59.7 Å². The summed E-state index contributed by atoms with van der Waals surface area (Å²) in [6.07, 6.45) is 4.46. The predicted molar refractivity (Wildman–Crippen MR) is 98.5 cm³/mol. The van der Waals surface area contributed by atoms with E-state index in [4.69, 9.17) is 14.2 Å². The maximum absolute atomic E-state index is 13.0. The van der Waals surface area contributed by atoms with Gasteiger partial charge in [-0.05, 0) is 18.6 Å². The van der Waals surface area contributed by atoms with Crippen molar-refractivity contribution in [1.29, 1.82) is 0 Å². The highest BCUT2D eigenvalue weighted by molar-refractivity contribution is 6.12. The van der Waals surface area contributed by atoms with E-state index in [-0.39, 0.29) is 12.6 Å². The molecule has 2 aromatic rings. The van der Waals surface area contributed by atoms with Crippen LogP contribution in [0.25, 0.3) is 0 Å². The van der Waals surface area contributed by atoms with Gasteiger partial charge >= 0.3 is 0 Å². The van der Waals surface area contributed by atoms with Crippen LogP contribution < -0.4 is 9.47 Å². The molecule has 0 aliphatic heterocycles. The number of carbonyl (C=O) groups excluding carboxylic acids is 1. The Labute approximate surface area is 149 Å². The van der Waals surface area contributed by atoms with Crippen LogP contribution in [0.3, 0.4) is 0 Å². The molecule has 0 amide bonds. The smallest absolute Gasteiger partial charge is 0.200 e. The predicted octanol–water partition coefficient (Wildman–Crippen LogP) is 4.86. The summed E-state index contributed by atoms with van der Waals surface area (Å²) in [6, 6.07) is 14.6. The van der Waals surface area contributed by atoms with Gasteiger partial charge in [0, 0.05) is 12.7 Å². The summed E-state index contributed by atoms with van der Waals surface area (Å²) < 4.78 is 16.5. The number of methoxy groups -OCH3 is 1. The maximum atomic E-state index is 13.0. The second-order valence-electron chi connectivity index (χ2n) is 5.78. The Morgan fingerprint density at radius 2 is 1.60 bits per heavy atom. The van der Waals surface area contributed by atoms with Crippen LogP contribution in [0.15, 0.2) is 48.5 Å². The SMILES string of the molecule is CCCCCCOc1cccc(OCOC)c1C(=O)c1ccccc1. The number of hydrogen-bond acceptors (Lipinski definition) is 4. The zero-order valence-electron chi connectivity index (χ0n) is 15.0. The van der Waals surface area contributed by atoms with Crippen molar-refractivity contribution in [2.45, 2.75) is 32.6 Å². The summed E-state index contributed by atoms with van der Waals surface area (Å²) in [5, 5.41) is 0. The van der Waals surface area contributed by atoms with Crippen molar-refractivity contribution >= 4 is 5.78 Å². The van der Waals surface area contributed by atoms with Crippen LogP contribution in [0.5, 0.6) is 11.5 Å². The van der Waals surface area contributed by atoms with Gasteiger partial charge in [0.15, 0.2) is 6.79 Å². The molecule has 0 atom stereocenters. The fourth-order valence-electron chi connectivity index (χ4n) is 2.54. The molecule has 0 radical (unpaired) electrons. The van der Waals surface area contributed by atoms with Gasteiger partial charge in [-0.15, -0.1) is 0 Å². The van der Waals surface area contributed by atoms with Gasteiger partial charge in [0.2, 0.25) is 5.78 Å². The second-order valence-corrected chi connectivity index (χ2v) is 5.78. The van der Waals surface area contributed by atoms with Gasteiger partial charge in [-0.1, -0.05) is 62.6 Å². The zero-order chi connectivity index (χ0) is 17.9. The minimum absolute atomic E-state index is 0.0784. The first-order chi connectivity index (χ1) is 12.3. The molecule has 25 heavy (non-hydrogen) atoms. The molecule has 0 saturated heterocycles. The van der Waals surface area contributed by atoms with Crippen molar-refractivity contribution < 1.29 is 19.0 Å². The van der Waals surface area contributed by atoms with E-state index in [2.05, 4.69) is 6.92 Å². The average Bonchev–Trinajstić information content (AvgIpc) is 2.66. The molecule has 0 unspecified atom stereocenters. The largest absolute Gasteiger partial charge is 0.493 e. The quantitative estimate of drug-likeness (QED) is 0.332. The minimum Gasteiger partial charge on any atom is -0.493 e. The van der Waals surface area contributed by atoms with Crippen LogP contribution in [0.1, 0.15) is 48.5 Å². The molecule has 134 valence electrons. The third kappa shape index (κ3) is 5.61. The molecule has 0 heterocycles. The number of unbranched alkanes of at least 4 members (excludes halogenated alkanes) is 3. The Balaban J connectivity index is 2.23. The number of rotatable bonds is 11. The number of hydrogen-bond donors (Lipinski definition) is 0. The lowest BCUT2D eigenvalue weighted by atomic mass is 10.0. The molecule has 0 spiro atoms. The number of ether oxygens (including phenoxy) is 3. The lowest BCUT2D eigenvalue weighted by Gasteiger charge is -2.15. The van der Waals surface area contributed by atoms with E-state index in [1.54, 1.807) is 25.3 Å². The molecule has 0 aliphatic carbocycles. The molecule has 0 N–H and O–H groups in total. The molecule has 0 fully saturated rings. The van der Waals surface area contributed by atoms with Gasteiger partial charge in [-0.25, -0.2) is 0 Å². The Kier molecular flexibility index (Phi) is 7.99. The van der Waals surface area contributed by atoms with E-state index in [1.807, 2.05) is 30.3 Å². The highest BCUT2D eigenvalue weighted by atomic mass is 16.7. The lowest BCUT2D eigenvalue weighted by Crippen LogP contribution is -2.10. The number of ketones is 1. The van der Waals surface area contributed by atoms with Crippen LogP contribution in [0, 0.1) is 0 Å². The first kappa shape index (κ1) is 19.0. The topological polar surface area (TPSA) is 44.8 Å². The normalized spacial score (nSPS) is 10.5. The number of carbonyl (C=O) groups is 1. The molecule has 0 aromatic heterocycles. The van der Waals surface area contributed by atoms with E-state index in [1.165, 1.54) is 12.8 Å². The van der Waals surface area contributed by atoms with Crippen LogP contribution >= 0.6 is 0 Å². The monoisotopic (exact) mass is 342 g/mol. The standard InChI is InChI=1S/C21H26O4/c1-3-4-5-9-15-24-18-13-10-14-19(25-16-23-2)20(18)21(22)17-11-7-6-8-12-17/h6-8,10-14H,3-5,9,15-16H2,1-2H3. The Morgan fingerprint density at radius 1 is 0.880 bits per heavy atom. The van der Waals surface area contributed by atoms with E-state index >= 15 is 0 Å². The van der Waals surface area contributed by atoms with E-state index in [0.717, 1.165) is 12.8 Å². The fourth-order valence-corrected chi connectivity index (χ4v) is 2.54. The maximum Gasteiger partial charge on any atom is 0.200 e. The summed E-state index contributed by atoms with van der Waals surface area (Å²) in [7, 11) is 1.55. The molecule has 4 heteroatoms. The molecule has 0 bridgehead atoms. The van der Waals surface area contributed by atoms with E-state index in [0.29, 0.717) is 29.2 Å². The second kappa shape index (κ2) is 10.5. The van der Waals surface area contributed by atoms with Crippen molar-refractivity contribution in [2.75, 3.05) is 20.5 Å². The summed E-state index contributed by atoms with van der Waals surface area (Å²) in [6.45, 7) is 2.84. The molecule has 2 aromatic carbocycles. The summed E-state index contributed by atoms with van der Waals surface area (Å²) in [5.41, 5.74) is 1.05. The Bertz CT molecular complexity index is 652. The van der Waals surface area contributed by atoms with Gasteiger partial charge in [0.05, 0.1) is 6.61 Å². The van der Waals surface area contributed by atoms with Crippen molar-refractivity contribution in [2.24, 2.45) is 0 Å². The summed E-state index contributed by atoms with van der Waals surface area (Å²) in [5.74, 6) is 0.913. The van der Waals surface area contributed by atoms with Crippen LogP contribution in [0.4, 0.5) is 0 Å². The van der Waals surface area contributed by atoms with Gasteiger partial charge in [0.25, 0.3) is 0 Å². The Morgan fingerprint density at radius 3 is 2.28 bits per heavy atom. The van der Waals surface area contributed by atoms with E-state index < -0.39 is 0 Å². The molecular formula is C21H26O4. The van der Waals surface area contributed by atoms with Crippen LogP contribution in [-0.2, 0) is 4.74 Å². The van der Waals surface area contributed by atoms with E-state index in [9.17, 15) is 4.79 Å². The first-order valence-electron chi connectivity index (χ1n) is 8.75. The summed E-state index contributed by atoms with van der Waals surface area (Å²) >= 11 is 0. The van der Waals surface area contributed by atoms with Crippen molar-refractivity contribution in [3.8, 4) is 11.5 Å². The first-order valence-corrected chi connectivity index (χ1v) is 8.75. The van der Waals surface area contributed by atoms with Gasteiger partial charge in [-0.2, -0.15) is 0 Å². The third-order valence-electron chi connectivity index (χ3n) is 3.84. The fraction of sp³-hybridized carbons (Fsp3) is 0.381. The van der Waals surface area contributed by atoms with Gasteiger partial charge in [-0.3, -0.25) is 4.79 Å². The molecule has 0 aliphatic rings. The van der Waals surface area contributed by atoms with Crippen molar-refractivity contribution in [1.82, 2.24) is 0 Å². The summed E-state index contributed by atoms with van der Waals surface area (Å²) in [4.78, 5) is 13.0. The van der Waals surface area contributed by atoms with Crippen LogP contribution in [0.2, 0.25) is 0 Å². The van der Waals surface area contributed by atoms with Gasteiger partial charge < -0.3 is 14.2 Å². The molecule has 2 rings (SSSR count).